The average Bonchev–Trinajstić information content (AvgIpc) is 3.19. The molecule has 0 saturated heterocycles. The lowest BCUT2D eigenvalue weighted by Gasteiger charge is -2.15. The maximum atomic E-state index is 13.7. The van der Waals surface area contributed by atoms with Gasteiger partial charge in [0, 0.05) is 17.8 Å². The molecular weight excluding hydrogens is 424 g/mol. The molecule has 0 radical (unpaired) electrons. The molecule has 0 atom stereocenters. The van der Waals surface area contributed by atoms with Crippen LogP contribution in [-0.2, 0) is 6.18 Å². The summed E-state index contributed by atoms with van der Waals surface area (Å²) >= 11 is 0. The summed E-state index contributed by atoms with van der Waals surface area (Å²) in [5.74, 6) is -1.38. The summed E-state index contributed by atoms with van der Waals surface area (Å²) in [7, 11) is 4.06. The summed E-state index contributed by atoms with van der Waals surface area (Å²) in [6, 6.07) is 6.99. The van der Waals surface area contributed by atoms with Crippen molar-refractivity contribution < 1.29 is 36.6 Å². The first kappa shape index (κ1) is 21.9. The normalized spacial score (nSPS) is 11.2. The van der Waals surface area contributed by atoms with Gasteiger partial charge in [0.05, 0.1) is 27.0 Å². The van der Waals surface area contributed by atoms with E-state index in [9.17, 15) is 22.4 Å². The van der Waals surface area contributed by atoms with Crippen molar-refractivity contribution in [2.24, 2.45) is 0 Å². The topological polar surface area (TPSA) is 87.5 Å². The minimum absolute atomic E-state index is 0.0629. The molecule has 31 heavy (non-hydrogen) atoms. The molecule has 8 nitrogen and oxygen atoms in total. The third kappa shape index (κ3) is 4.37. The highest BCUT2D eigenvalue weighted by molar-refractivity contribution is 6.04. The van der Waals surface area contributed by atoms with Crippen LogP contribution in [0, 0.1) is 5.82 Å². The Morgan fingerprint density at radius 3 is 2.19 bits per heavy atom. The minimum Gasteiger partial charge on any atom is -0.493 e. The van der Waals surface area contributed by atoms with E-state index in [4.69, 9.17) is 14.2 Å². The summed E-state index contributed by atoms with van der Waals surface area (Å²) < 4.78 is 70.5. The van der Waals surface area contributed by atoms with Gasteiger partial charge in [-0.3, -0.25) is 4.79 Å². The van der Waals surface area contributed by atoms with Gasteiger partial charge in [0.15, 0.2) is 22.9 Å². The van der Waals surface area contributed by atoms with E-state index in [0.717, 1.165) is 12.1 Å². The quantitative estimate of drug-likeness (QED) is 0.588. The fourth-order valence-corrected chi connectivity index (χ4v) is 2.82. The lowest BCUT2D eigenvalue weighted by Crippen LogP contribution is -2.21. The molecule has 3 rings (SSSR count). The molecule has 0 aliphatic heterocycles. The number of amides is 1. The minimum atomic E-state index is -5.00. The van der Waals surface area contributed by atoms with Crippen molar-refractivity contribution in [3.63, 3.8) is 0 Å². The standard InChI is InChI=1S/C19H16F4N4O4/c1-29-13-8-11(9-14(30-2)16(13)31-3)24-18(28)15-17(19(21,22)23)27(26-25-15)12-6-4-5-10(20)7-12/h4-9H,1-3H3,(H,24,28). The van der Waals surface area contributed by atoms with Gasteiger partial charge in [-0.15, -0.1) is 5.10 Å². The summed E-state index contributed by atoms with van der Waals surface area (Å²) in [6.07, 6.45) is -5.00. The van der Waals surface area contributed by atoms with Crippen LogP contribution in [0.1, 0.15) is 16.2 Å². The second-order valence-corrected chi connectivity index (χ2v) is 6.04. The smallest absolute Gasteiger partial charge is 0.435 e. The van der Waals surface area contributed by atoms with Crippen molar-refractivity contribution in [3.8, 4) is 22.9 Å². The summed E-state index contributed by atoms with van der Waals surface area (Å²) in [5.41, 5.74) is -2.63. The second-order valence-electron chi connectivity index (χ2n) is 6.04. The molecule has 1 amide bonds. The van der Waals surface area contributed by atoms with Gasteiger partial charge in [0.1, 0.15) is 5.82 Å². The Morgan fingerprint density at radius 2 is 1.68 bits per heavy atom. The summed E-state index contributed by atoms with van der Waals surface area (Å²) in [6.45, 7) is 0. The number of nitrogens with zero attached hydrogens (tertiary/aromatic N) is 3. The van der Waals surface area contributed by atoms with Crippen molar-refractivity contribution in [3.05, 3.63) is 53.6 Å². The largest absolute Gasteiger partial charge is 0.493 e. The van der Waals surface area contributed by atoms with Crippen molar-refractivity contribution in [2.75, 3.05) is 26.6 Å². The van der Waals surface area contributed by atoms with Crippen LogP contribution < -0.4 is 19.5 Å². The number of hydrogen-bond donors (Lipinski definition) is 1. The Bertz CT molecular complexity index is 1090. The summed E-state index contributed by atoms with van der Waals surface area (Å²) in [5, 5.41) is 9.08. The van der Waals surface area contributed by atoms with Crippen molar-refractivity contribution in [1.29, 1.82) is 0 Å². The number of rotatable bonds is 6. The second kappa shape index (κ2) is 8.50. The van der Waals surface area contributed by atoms with Gasteiger partial charge < -0.3 is 19.5 Å². The fourth-order valence-electron chi connectivity index (χ4n) is 2.82. The Balaban J connectivity index is 2.03. The molecular formula is C19H16F4N4O4. The van der Waals surface area contributed by atoms with Crippen molar-refractivity contribution in [1.82, 2.24) is 15.0 Å². The first-order chi connectivity index (χ1) is 14.7. The van der Waals surface area contributed by atoms with E-state index in [1.165, 1.54) is 45.6 Å². The van der Waals surface area contributed by atoms with E-state index >= 15 is 0 Å². The Morgan fingerprint density at radius 1 is 1.03 bits per heavy atom. The molecule has 0 bridgehead atoms. The monoisotopic (exact) mass is 440 g/mol. The van der Waals surface area contributed by atoms with E-state index < -0.39 is 29.3 Å². The fraction of sp³-hybridized carbons (Fsp3) is 0.211. The van der Waals surface area contributed by atoms with Gasteiger partial charge in [-0.1, -0.05) is 11.3 Å². The van der Waals surface area contributed by atoms with Gasteiger partial charge in [0.25, 0.3) is 5.91 Å². The molecule has 0 fully saturated rings. The first-order valence-electron chi connectivity index (χ1n) is 8.59. The lowest BCUT2D eigenvalue weighted by atomic mass is 10.2. The Labute approximate surface area is 173 Å². The molecule has 0 aliphatic carbocycles. The predicted octanol–water partition coefficient (Wildman–Crippen LogP) is 3.70. The third-order valence-electron chi connectivity index (χ3n) is 4.13. The van der Waals surface area contributed by atoms with Crippen LogP contribution >= 0.6 is 0 Å². The number of anilines is 1. The van der Waals surface area contributed by atoms with E-state index in [1.54, 1.807) is 0 Å². The highest BCUT2D eigenvalue weighted by Crippen LogP contribution is 2.40. The number of ether oxygens (including phenoxy) is 3. The number of methoxy groups -OCH3 is 3. The van der Waals surface area contributed by atoms with Gasteiger partial charge in [-0.2, -0.15) is 13.2 Å². The lowest BCUT2D eigenvalue weighted by molar-refractivity contribution is -0.143. The number of halogens is 4. The number of benzene rings is 2. The van der Waals surface area contributed by atoms with Crippen LogP contribution in [0.15, 0.2) is 36.4 Å². The van der Waals surface area contributed by atoms with Crippen molar-refractivity contribution >= 4 is 11.6 Å². The van der Waals surface area contributed by atoms with Gasteiger partial charge in [0.2, 0.25) is 5.75 Å². The zero-order valence-electron chi connectivity index (χ0n) is 16.5. The number of aromatic nitrogens is 3. The molecule has 0 spiro atoms. The molecule has 12 heteroatoms. The number of carbonyl (C=O) groups excluding carboxylic acids is 1. The van der Waals surface area contributed by atoms with Gasteiger partial charge in [-0.25, -0.2) is 9.07 Å². The number of carbonyl (C=O) groups is 1. The van der Waals surface area contributed by atoms with E-state index in [-0.39, 0.29) is 28.6 Å². The zero-order chi connectivity index (χ0) is 22.8. The van der Waals surface area contributed by atoms with Crippen LogP contribution in [-0.4, -0.2) is 42.2 Å². The SMILES string of the molecule is COc1cc(NC(=O)c2nnn(-c3cccc(F)c3)c2C(F)(F)F)cc(OC)c1OC. The number of nitrogens with one attached hydrogen (secondary N) is 1. The molecule has 2 aromatic carbocycles. The first-order valence-corrected chi connectivity index (χ1v) is 8.59. The molecule has 3 aromatic rings. The van der Waals surface area contributed by atoms with Gasteiger partial charge in [-0.05, 0) is 18.2 Å². The Hall–Kier alpha value is -3.83. The van der Waals surface area contributed by atoms with Crippen molar-refractivity contribution in [2.45, 2.75) is 6.18 Å². The van der Waals surface area contributed by atoms with Crippen LogP contribution in [0.3, 0.4) is 0 Å². The molecule has 1 N–H and O–H groups in total. The molecule has 0 saturated carbocycles. The number of hydrogen-bond acceptors (Lipinski definition) is 6. The third-order valence-corrected chi connectivity index (χ3v) is 4.13. The highest BCUT2D eigenvalue weighted by Gasteiger charge is 2.42. The molecule has 0 aliphatic rings. The maximum Gasteiger partial charge on any atom is 0.435 e. The molecule has 1 aromatic heterocycles. The average molecular weight is 440 g/mol. The van der Waals surface area contributed by atoms with Crippen LogP contribution in [0.25, 0.3) is 5.69 Å². The molecule has 1 heterocycles. The highest BCUT2D eigenvalue weighted by atomic mass is 19.4. The number of alkyl halides is 3. The van der Waals surface area contributed by atoms with E-state index in [1.807, 2.05) is 0 Å². The Kier molecular flexibility index (Phi) is 5.99. The summed E-state index contributed by atoms with van der Waals surface area (Å²) in [4.78, 5) is 12.6. The zero-order valence-corrected chi connectivity index (χ0v) is 16.5. The van der Waals surface area contributed by atoms with E-state index in [2.05, 4.69) is 15.6 Å². The van der Waals surface area contributed by atoms with Gasteiger partial charge >= 0.3 is 6.18 Å². The predicted molar refractivity (Wildman–Crippen MR) is 100 cm³/mol. The van der Waals surface area contributed by atoms with Crippen LogP contribution in [0.5, 0.6) is 17.2 Å². The molecule has 164 valence electrons. The molecule has 0 unspecified atom stereocenters. The maximum absolute atomic E-state index is 13.7. The van der Waals surface area contributed by atoms with E-state index in [0.29, 0.717) is 4.68 Å². The van der Waals surface area contributed by atoms with Crippen LogP contribution in [0.2, 0.25) is 0 Å². The van der Waals surface area contributed by atoms with Crippen LogP contribution in [0.4, 0.5) is 23.2 Å².